The summed E-state index contributed by atoms with van der Waals surface area (Å²) in [4.78, 5) is 10.1. The number of carbonyl (C=O) groups is 1. The standard InChI is InChI=1S/C8F14O/c9-1(23)2(8(20,21)22)3(10,11)5(14,15)7(18,19)6(16,17)4(2,12)13. The second-order valence-electron chi connectivity index (χ2n) is 4.39. The largest absolute Gasteiger partial charge is 0.416 e. The first-order valence-electron chi connectivity index (χ1n) is 4.85. The van der Waals surface area contributed by atoms with Crippen LogP contribution in [0.25, 0.3) is 0 Å². The van der Waals surface area contributed by atoms with Gasteiger partial charge in [0, 0.05) is 0 Å². The number of carbonyl (C=O) groups excluding carboxylic acids is 1. The normalized spacial score (nSPS) is 29.8. The highest BCUT2D eigenvalue weighted by Gasteiger charge is 3.06. The molecule has 0 atom stereocenters. The number of hydrogen-bond acceptors (Lipinski definition) is 1. The number of hydrogen-bond donors (Lipinski definition) is 0. The summed E-state index contributed by atoms with van der Waals surface area (Å²) in [5.41, 5.74) is -7.72. The molecule has 0 amide bonds. The lowest BCUT2D eigenvalue weighted by atomic mass is 9.62. The molecule has 1 aliphatic carbocycles. The Hall–Kier alpha value is -1.31. The summed E-state index contributed by atoms with van der Waals surface area (Å²) >= 11 is 0. The topological polar surface area (TPSA) is 17.1 Å². The van der Waals surface area contributed by atoms with E-state index in [-0.39, 0.29) is 0 Å². The molecule has 1 nitrogen and oxygen atoms in total. The summed E-state index contributed by atoms with van der Waals surface area (Å²) in [5.74, 6) is -39.3. The fourth-order valence-electron chi connectivity index (χ4n) is 1.97. The van der Waals surface area contributed by atoms with Gasteiger partial charge in [-0.1, -0.05) is 0 Å². The summed E-state index contributed by atoms with van der Waals surface area (Å²) in [7, 11) is 0. The van der Waals surface area contributed by atoms with Crippen molar-refractivity contribution in [3.05, 3.63) is 0 Å². The molecule has 0 N–H and O–H groups in total. The van der Waals surface area contributed by atoms with E-state index in [1.807, 2.05) is 0 Å². The molecule has 0 saturated heterocycles. The van der Waals surface area contributed by atoms with Crippen LogP contribution >= 0.6 is 0 Å². The molecular formula is C8F14O. The molecule has 136 valence electrons. The van der Waals surface area contributed by atoms with Gasteiger partial charge in [0.05, 0.1) is 0 Å². The molecule has 1 rings (SSSR count). The minimum atomic E-state index is -7.95. The lowest BCUT2D eigenvalue weighted by molar-refractivity contribution is -0.509. The van der Waals surface area contributed by atoms with Gasteiger partial charge in [0.15, 0.2) is 0 Å². The van der Waals surface area contributed by atoms with E-state index in [0.29, 0.717) is 0 Å². The first-order chi connectivity index (χ1) is 9.69. The maximum absolute atomic E-state index is 13.2. The van der Waals surface area contributed by atoms with E-state index in [0.717, 1.165) is 0 Å². The molecule has 0 heterocycles. The maximum atomic E-state index is 13.2. The Morgan fingerprint density at radius 2 is 0.783 bits per heavy atom. The predicted octanol–water partition coefficient (Wildman–Crippen LogP) is 4.22. The minimum Gasteiger partial charge on any atom is -0.260 e. The molecule has 15 heteroatoms. The number of halogens is 14. The van der Waals surface area contributed by atoms with Crippen LogP contribution in [0, 0.1) is 5.41 Å². The van der Waals surface area contributed by atoms with Gasteiger partial charge in [0.1, 0.15) is 0 Å². The van der Waals surface area contributed by atoms with Gasteiger partial charge in [-0.3, -0.25) is 4.79 Å². The average molecular weight is 378 g/mol. The molecule has 0 radical (unpaired) electrons. The van der Waals surface area contributed by atoms with E-state index in [4.69, 9.17) is 0 Å². The van der Waals surface area contributed by atoms with Gasteiger partial charge in [-0.25, -0.2) is 0 Å². The molecule has 0 bridgehead atoms. The third-order valence-electron chi connectivity index (χ3n) is 3.24. The van der Waals surface area contributed by atoms with Gasteiger partial charge < -0.3 is 0 Å². The van der Waals surface area contributed by atoms with E-state index in [1.54, 1.807) is 0 Å². The zero-order valence-corrected chi connectivity index (χ0v) is 9.70. The van der Waals surface area contributed by atoms with Gasteiger partial charge in [0.2, 0.25) is 0 Å². The summed E-state index contributed by atoms with van der Waals surface area (Å²) in [6.07, 6.45) is -7.78. The predicted molar refractivity (Wildman–Crippen MR) is 39.3 cm³/mol. The summed E-state index contributed by atoms with van der Waals surface area (Å²) < 4.78 is 179. The zero-order valence-electron chi connectivity index (χ0n) is 9.70. The summed E-state index contributed by atoms with van der Waals surface area (Å²) in [6, 6.07) is -5.07. The van der Waals surface area contributed by atoms with Crippen LogP contribution < -0.4 is 0 Å². The van der Waals surface area contributed by atoms with Gasteiger partial charge >= 0.3 is 41.8 Å². The lowest BCUT2D eigenvalue weighted by Crippen LogP contribution is -2.86. The van der Waals surface area contributed by atoms with Crippen LogP contribution in [0.1, 0.15) is 0 Å². The van der Waals surface area contributed by atoms with E-state index in [2.05, 4.69) is 0 Å². The van der Waals surface area contributed by atoms with Crippen molar-refractivity contribution < 1.29 is 66.3 Å². The maximum Gasteiger partial charge on any atom is 0.416 e. The Kier molecular flexibility index (Phi) is 3.61. The molecule has 0 spiro atoms. The van der Waals surface area contributed by atoms with Gasteiger partial charge in [-0.15, -0.1) is 0 Å². The first kappa shape index (κ1) is 19.7. The van der Waals surface area contributed by atoms with Crippen LogP contribution in [0.3, 0.4) is 0 Å². The van der Waals surface area contributed by atoms with E-state index < -0.39 is 47.2 Å². The summed E-state index contributed by atoms with van der Waals surface area (Å²) in [6.45, 7) is 0. The molecule has 1 fully saturated rings. The molecule has 0 aromatic rings. The fraction of sp³-hybridized carbons (Fsp3) is 0.875. The van der Waals surface area contributed by atoms with Gasteiger partial charge in [0.25, 0.3) is 5.41 Å². The molecule has 1 saturated carbocycles. The Balaban J connectivity index is 4.16. The molecule has 1 aliphatic rings. The monoisotopic (exact) mass is 378 g/mol. The second kappa shape index (κ2) is 4.20. The van der Waals surface area contributed by atoms with Crippen molar-refractivity contribution in [3.63, 3.8) is 0 Å². The van der Waals surface area contributed by atoms with Crippen molar-refractivity contribution in [1.29, 1.82) is 0 Å². The summed E-state index contributed by atoms with van der Waals surface area (Å²) in [5, 5.41) is 0. The van der Waals surface area contributed by atoms with E-state index in [1.165, 1.54) is 0 Å². The molecule has 0 aromatic carbocycles. The van der Waals surface area contributed by atoms with Gasteiger partial charge in [-0.05, 0) is 0 Å². The van der Waals surface area contributed by atoms with E-state index >= 15 is 0 Å². The smallest absolute Gasteiger partial charge is 0.260 e. The zero-order chi connectivity index (χ0) is 19.1. The molecule has 23 heavy (non-hydrogen) atoms. The van der Waals surface area contributed by atoms with Gasteiger partial charge in [-0.2, -0.15) is 61.5 Å². The number of rotatable bonds is 1. The fourth-order valence-corrected chi connectivity index (χ4v) is 1.97. The lowest BCUT2D eigenvalue weighted by Gasteiger charge is -2.54. The van der Waals surface area contributed by atoms with Crippen molar-refractivity contribution >= 4 is 6.04 Å². The first-order valence-corrected chi connectivity index (χ1v) is 4.85. The highest BCUT2D eigenvalue weighted by atomic mass is 19.4. The van der Waals surface area contributed by atoms with Crippen LogP contribution in [0.5, 0.6) is 0 Å². The van der Waals surface area contributed by atoms with Crippen molar-refractivity contribution in [1.82, 2.24) is 0 Å². The Morgan fingerprint density at radius 3 is 0.957 bits per heavy atom. The SMILES string of the molecule is O=C(F)C1(C(F)(F)F)C(F)(F)C(F)(F)C(F)(F)C(F)(F)C1(F)F. The van der Waals surface area contributed by atoms with Crippen molar-refractivity contribution in [2.45, 2.75) is 35.8 Å². The van der Waals surface area contributed by atoms with Crippen molar-refractivity contribution in [2.24, 2.45) is 5.41 Å². The number of alkyl halides is 13. The third kappa shape index (κ3) is 1.58. The average Bonchev–Trinajstić information content (AvgIpc) is 2.23. The Morgan fingerprint density at radius 1 is 0.565 bits per heavy atom. The molecular weight excluding hydrogens is 378 g/mol. The van der Waals surface area contributed by atoms with Crippen LogP contribution in [0.15, 0.2) is 0 Å². The van der Waals surface area contributed by atoms with Crippen LogP contribution in [0.2, 0.25) is 0 Å². The minimum absolute atomic E-state index is 5.07. The molecule has 0 aromatic heterocycles. The van der Waals surface area contributed by atoms with Crippen LogP contribution in [0.4, 0.5) is 61.5 Å². The molecule has 0 aliphatic heterocycles. The van der Waals surface area contributed by atoms with Crippen molar-refractivity contribution in [2.75, 3.05) is 0 Å². The highest BCUT2D eigenvalue weighted by Crippen LogP contribution is 2.75. The second-order valence-corrected chi connectivity index (χ2v) is 4.39. The Labute approximate surface area is 115 Å². The molecule has 0 unspecified atom stereocenters. The Bertz CT molecular complexity index is 497. The third-order valence-corrected chi connectivity index (χ3v) is 3.24. The van der Waals surface area contributed by atoms with Crippen LogP contribution in [-0.4, -0.2) is 41.8 Å². The van der Waals surface area contributed by atoms with Crippen LogP contribution in [-0.2, 0) is 4.79 Å². The highest BCUT2D eigenvalue weighted by molar-refractivity contribution is 5.81. The van der Waals surface area contributed by atoms with Crippen molar-refractivity contribution in [3.8, 4) is 0 Å². The van der Waals surface area contributed by atoms with E-state index in [9.17, 15) is 66.3 Å². The quantitative estimate of drug-likeness (QED) is 0.493.